The van der Waals surface area contributed by atoms with Crippen LogP contribution in [0.4, 0.5) is 4.79 Å². The van der Waals surface area contributed by atoms with Gasteiger partial charge < -0.3 is 19.7 Å². The molecule has 10 heteroatoms. The van der Waals surface area contributed by atoms with Crippen molar-refractivity contribution in [3.8, 4) is 0 Å². The van der Waals surface area contributed by atoms with E-state index in [1.54, 1.807) is 37.8 Å². The Labute approximate surface area is 245 Å². The third-order valence-electron chi connectivity index (χ3n) is 8.04. The van der Waals surface area contributed by atoms with Crippen molar-refractivity contribution in [2.24, 2.45) is 5.92 Å². The summed E-state index contributed by atoms with van der Waals surface area (Å²) in [6, 6.07) is 14.4. The molecule has 0 aromatic heterocycles. The normalized spacial score (nSPS) is 20.2. The van der Waals surface area contributed by atoms with Crippen molar-refractivity contribution in [1.82, 2.24) is 15.1 Å². The zero-order valence-corrected chi connectivity index (χ0v) is 24.5. The van der Waals surface area contributed by atoms with Crippen LogP contribution in [0.2, 0.25) is 0 Å². The van der Waals surface area contributed by atoms with Crippen LogP contribution >= 0.6 is 0 Å². The highest BCUT2D eigenvalue weighted by Crippen LogP contribution is 2.45. The number of amides is 4. The van der Waals surface area contributed by atoms with Crippen LogP contribution in [0.15, 0.2) is 48.5 Å². The van der Waals surface area contributed by atoms with Gasteiger partial charge in [0.25, 0.3) is 11.8 Å². The summed E-state index contributed by atoms with van der Waals surface area (Å²) in [5, 5.41) is 2.55. The first kappa shape index (κ1) is 29.3. The molecule has 5 rings (SSSR count). The van der Waals surface area contributed by atoms with Crippen LogP contribution in [-0.4, -0.2) is 64.3 Å². The van der Waals surface area contributed by atoms with Gasteiger partial charge in [0.1, 0.15) is 18.7 Å². The zero-order valence-electron chi connectivity index (χ0n) is 24.5. The summed E-state index contributed by atoms with van der Waals surface area (Å²) in [7, 11) is 0. The molecule has 4 amide bonds. The van der Waals surface area contributed by atoms with Gasteiger partial charge in [0.05, 0.1) is 0 Å². The predicted octanol–water partition coefficient (Wildman–Crippen LogP) is 3.71. The lowest BCUT2D eigenvalue weighted by atomic mass is 9.94. The summed E-state index contributed by atoms with van der Waals surface area (Å²) in [4.78, 5) is 67.7. The molecular weight excluding hydrogens is 538 g/mol. The molecule has 0 bridgehead atoms. The second-order valence-electron chi connectivity index (χ2n) is 12.3. The van der Waals surface area contributed by atoms with Crippen molar-refractivity contribution in [2.75, 3.05) is 13.1 Å². The van der Waals surface area contributed by atoms with Crippen LogP contribution in [0, 0.1) is 5.92 Å². The highest BCUT2D eigenvalue weighted by atomic mass is 16.6. The lowest BCUT2D eigenvalue weighted by Crippen LogP contribution is -2.47. The van der Waals surface area contributed by atoms with E-state index in [1.165, 1.54) is 6.07 Å². The number of hydrogen-bond acceptors (Lipinski definition) is 7. The maximum absolute atomic E-state index is 13.7. The topological polar surface area (TPSA) is 122 Å². The monoisotopic (exact) mass is 575 g/mol. The lowest BCUT2D eigenvalue weighted by Gasteiger charge is -2.30. The van der Waals surface area contributed by atoms with Gasteiger partial charge in [0.2, 0.25) is 11.5 Å². The van der Waals surface area contributed by atoms with Crippen molar-refractivity contribution in [3.05, 3.63) is 70.8 Å². The summed E-state index contributed by atoms with van der Waals surface area (Å²) in [5.41, 5.74) is 0.298. The molecule has 2 atom stereocenters. The van der Waals surface area contributed by atoms with E-state index in [1.807, 2.05) is 37.3 Å². The highest BCUT2D eigenvalue weighted by molar-refractivity contribution is 6.06. The van der Waals surface area contributed by atoms with E-state index < -0.39 is 41.6 Å². The van der Waals surface area contributed by atoms with Crippen LogP contribution in [0.1, 0.15) is 74.0 Å². The fourth-order valence-corrected chi connectivity index (χ4v) is 5.73. The Morgan fingerprint density at radius 1 is 1.12 bits per heavy atom. The van der Waals surface area contributed by atoms with E-state index in [2.05, 4.69) is 5.32 Å². The summed E-state index contributed by atoms with van der Waals surface area (Å²) in [5.74, 6) is -1.49. The minimum atomic E-state index is -1.52. The number of imide groups is 1. The maximum Gasteiger partial charge on any atom is 0.418 e. The van der Waals surface area contributed by atoms with Gasteiger partial charge in [-0.1, -0.05) is 36.4 Å². The standard InChI is InChI=1S/C32H37N3O7/c1-20(22-10-11-22)34(18-21-8-6-5-7-9-21)26(36)19-35-29(39)32(42-30(35)40)15-14-23-16-24(12-13-25(23)32)28(38)33-17-27(37)41-31(2,3)4/h5-9,12-13,16,20,22H,10-11,14-15,17-19H2,1-4H3,(H,33,38). The second kappa shape index (κ2) is 11.2. The molecule has 1 N–H and O–H groups in total. The van der Waals surface area contributed by atoms with E-state index >= 15 is 0 Å². The quantitative estimate of drug-likeness (QED) is 0.453. The molecule has 42 heavy (non-hydrogen) atoms. The van der Waals surface area contributed by atoms with Crippen LogP contribution < -0.4 is 5.32 Å². The number of carbonyl (C=O) groups excluding carboxylic acids is 5. The van der Waals surface area contributed by atoms with Crippen LogP contribution in [0.5, 0.6) is 0 Å². The summed E-state index contributed by atoms with van der Waals surface area (Å²) in [6.07, 6.45) is 1.87. The lowest BCUT2D eigenvalue weighted by molar-refractivity contribution is -0.153. The van der Waals surface area contributed by atoms with Gasteiger partial charge in [0, 0.05) is 30.1 Å². The van der Waals surface area contributed by atoms with E-state index in [0.29, 0.717) is 35.6 Å². The summed E-state index contributed by atoms with van der Waals surface area (Å²) < 4.78 is 10.9. The van der Waals surface area contributed by atoms with E-state index in [0.717, 1.165) is 23.3 Å². The summed E-state index contributed by atoms with van der Waals surface area (Å²) in [6.45, 7) is 6.95. The van der Waals surface area contributed by atoms with Gasteiger partial charge in [-0.3, -0.25) is 19.2 Å². The molecule has 222 valence electrons. The van der Waals surface area contributed by atoms with Gasteiger partial charge in [-0.05, 0) is 76.1 Å². The first-order valence-electron chi connectivity index (χ1n) is 14.4. The zero-order chi connectivity index (χ0) is 30.2. The first-order chi connectivity index (χ1) is 19.9. The highest BCUT2D eigenvalue weighted by Gasteiger charge is 2.58. The summed E-state index contributed by atoms with van der Waals surface area (Å²) >= 11 is 0. The molecule has 0 radical (unpaired) electrons. The Morgan fingerprint density at radius 3 is 2.50 bits per heavy atom. The van der Waals surface area contributed by atoms with Crippen LogP contribution in [-0.2, 0) is 42.4 Å². The number of ether oxygens (including phenoxy) is 2. The smallest absolute Gasteiger partial charge is 0.418 e. The first-order valence-corrected chi connectivity index (χ1v) is 14.4. The molecule has 2 fully saturated rings. The maximum atomic E-state index is 13.7. The fraction of sp³-hybridized carbons (Fsp3) is 0.469. The molecule has 2 aromatic rings. The van der Waals surface area contributed by atoms with Gasteiger partial charge in [-0.2, -0.15) is 0 Å². The van der Waals surface area contributed by atoms with Gasteiger partial charge >= 0.3 is 12.1 Å². The minimum Gasteiger partial charge on any atom is -0.459 e. The molecule has 2 unspecified atom stereocenters. The van der Waals surface area contributed by atoms with Gasteiger partial charge in [-0.25, -0.2) is 9.69 Å². The number of carbonyl (C=O) groups is 5. The predicted molar refractivity (Wildman–Crippen MR) is 152 cm³/mol. The minimum absolute atomic E-state index is 0.0208. The van der Waals surface area contributed by atoms with Crippen molar-refractivity contribution >= 4 is 29.8 Å². The largest absolute Gasteiger partial charge is 0.459 e. The van der Waals surface area contributed by atoms with Crippen LogP contribution in [0.25, 0.3) is 0 Å². The molecule has 1 saturated heterocycles. The molecule has 2 aromatic carbocycles. The molecule has 1 aliphatic heterocycles. The molecular formula is C32H37N3O7. The van der Waals surface area contributed by atoms with Crippen LogP contribution in [0.3, 0.4) is 0 Å². The Morgan fingerprint density at radius 2 is 1.83 bits per heavy atom. The fourth-order valence-electron chi connectivity index (χ4n) is 5.73. The third-order valence-corrected chi connectivity index (χ3v) is 8.04. The van der Waals surface area contributed by atoms with Gasteiger partial charge in [-0.15, -0.1) is 0 Å². The number of benzene rings is 2. The SMILES string of the molecule is CC(C1CC1)N(Cc1ccccc1)C(=O)CN1C(=O)OC2(CCc3cc(C(=O)NCC(=O)OC(C)(C)C)ccc32)C1=O. The molecule has 3 aliphatic rings. The van der Waals surface area contributed by atoms with Gasteiger partial charge in [0.15, 0.2) is 0 Å². The van der Waals surface area contributed by atoms with Crippen molar-refractivity contribution < 1.29 is 33.4 Å². The Balaban J connectivity index is 1.28. The molecule has 1 heterocycles. The number of aryl methyl sites for hydroxylation is 1. The van der Waals surface area contributed by atoms with Crippen molar-refractivity contribution in [1.29, 1.82) is 0 Å². The molecule has 1 spiro atoms. The van der Waals surface area contributed by atoms with E-state index in [-0.39, 0.29) is 24.9 Å². The average Bonchev–Trinajstić information content (AvgIpc) is 3.69. The van der Waals surface area contributed by atoms with Crippen molar-refractivity contribution in [3.63, 3.8) is 0 Å². The number of nitrogens with one attached hydrogen (secondary N) is 1. The molecule has 1 saturated carbocycles. The Hall–Kier alpha value is -4.21. The number of esters is 1. The number of nitrogens with zero attached hydrogens (tertiary/aromatic N) is 2. The molecule has 2 aliphatic carbocycles. The number of hydrogen-bond donors (Lipinski definition) is 1. The molecule has 10 nitrogen and oxygen atoms in total. The number of fused-ring (bicyclic) bond motifs is 2. The van der Waals surface area contributed by atoms with E-state index in [4.69, 9.17) is 9.47 Å². The second-order valence-corrected chi connectivity index (χ2v) is 12.3. The average molecular weight is 576 g/mol. The Bertz CT molecular complexity index is 1410. The van der Waals surface area contributed by atoms with Crippen molar-refractivity contribution in [2.45, 2.75) is 77.2 Å². The van der Waals surface area contributed by atoms with E-state index in [9.17, 15) is 24.0 Å². The third kappa shape index (κ3) is 6.03. The number of rotatable bonds is 9. The Kier molecular flexibility index (Phi) is 7.83.